The summed E-state index contributed by atoms with van der Waals surface area (Å²) in [5.41, 5.74) is 1.55. The fraction of sp³-hybridized carbons (Fsp3) is 0.444. The third-order valence-corrected chi connectivity index (χ3v) is 7.94. The number of piperazine rings is 1. The van der Waals surface area contributed by atoms with Crippen LogP contribution in [0.15, 0.2) is 44.4 Å². The summed E-state index contributed by atoms with van der Waals surface area (Å²) in [4.78, 5) is 2.44. The standard InChI is InChI=1S/C18H25BrN4O2S2/c1-14(13-23-10-8-20-9-11-23)21-12-15-4-2-3-5-16(15)22-27(24,25)18-7-6-17(19)26-18/h2-7,14,20-22H,8-13H2,1H3. The van der Waals surface area contributed by atoms with Gasteiger partial charge in [-0.15, -0.1) is 11.3 Å². The van der Waals surface area contributed by atoms with Crippen LogP contribution >= 0.6 is 27.3 Å². The van der Waals surface area contributed by atoms with Crippen LogP contribution in [0.25, 0.3) is 0 Å². The maximum absolute atomic E-state index is 12.6. The van der Waals surface area contributed by atoms with E-state index < -0.39 is 10.0 Å². The molecular formula is C18H25BrN4O2S2. The van der Waals surface area contributed by atoms with Gasteiger partial charge in [-0.05, 0) is 46.6 Å². The molecule has 1 fully saturated rings. The highest BCUT2D eigenvalue weighted by Crippen LogP contribution is 2.28. The smallest absolute Gasteiger partial charge is 0.271 e. The fourth-order valence-electron chi connectivity index (χ4n) is 3.04. The van der Waals surface area contributed by atoms with E-state index >= 15 is 0 Å². The van der Waals surface area contributed by atoms with Crippen LogP contribution in [-0.2, 0) is 16.6 Å². The third kappa shape index (κ3) is 6.00. The van der Waals surface area contributed by atoms with Gasteiger partial charge in [0.15, 0.2) is 0 Å². The van der Waals surface area contributed by atoms with Gasteiger partial charge in [0.2, 0.25) is 0 Å². The number of para-hydroxylation sites is 1. The quantitative estimate of drug-likeness (QED) is 0.550. The van der Waals surface area contributed by atoms with E-state index in [1.165, 1.54) is 11.3 Å². The summed E-state index contributed by atoms with van der Waals surface area (Å²) in [7, 11) is -3.58. The normalized spacial score (nSPS) is 17.0. The first-order valence-electron chi connectivity index (χ1n) is 8.96. The Bertz CT molecular complexity index is 851. The third-order valence-electron chi connectivity index (χ3n) is 4.46. The molecule has 27 heavy (non-hydrogen) atoms. The van der Waals surface area contributed by atoms with Gasteiger partial charge in [0.05, 0.1) is 9.47 Å². The molecule has 1 aromatic heterocycles. The first kappa shape index (κ1) is 20.8. The van der Waals surface area contributed by atoms with Crippen molar-refractivity contribution in [1.29, 1.82) is 0 Å². The number of nitrogens with one attached hydrogen (secondary N) is 3. The first-order chi connectivity index (χ1) is 12.9. The Morgan fingerprint density at radius 2 is 1.96 bits per heavy atom. The van der Waals surface area contributed by atoms with Crippen molar-refractivity contribution in [2.45, 2.75) is 23.7 Å². The lowest BCUT2D eigenvalue weighted by Gasteiger charge is -2.30. The van der Waals surface area contributed by atoms with Crippen molar-refractivity contribution in [2.75, 3.05) is 37.4 Å². The molecule has 148 valence electrons. The Balaban J connectivity index is 1.62. The highest BCUT2D eigenvalue weighted by Gasteiger charge is 2.18. The predicted molar refractivity (Wildman–Crippen MR) is 115 cm³/mol. The largest absolute Gasteiger partial charge is 0.314 e. The number of halogens is 1. The molecule has 1 aliphatic rings. The Labute approximate surface area is 173 Å². The molecule has 0 bridgehead atoms. The van der Waals surface area contributed by atoms with Gasteiger partial charge in [0.1, 0.15) is 4.21 Å². The van der Waals surface area contributed by atoms with Gasteiger partial charge < -0.3 is 10.6 Å². The zero-order valence-electron chi connectivity index (χ0n) is 15.2. The monoisotopic (exact) mass is 472 g/mol. The van der Waals surface area contributed by atoms with E-state index in [9.17, 15) is 8.42 Å². The second-order valence-electron chi connectivity index (χ2n) is 6.65. The molecule has 1 atom stereocenters. The Kier molecular flexibility index (Phi) is 7.29. The molecule has 1 saturated heterocycles. The Hall–Kier alpha value is -0.970. The lowest BCUT2D eigenvalue weighted by Crippen LogP contribution is -2.48. The van der Waals surface area contributed by atoms with Crippen molar-refractivity contribution in [1.82, 2.24) is 15.5 Å². The Morgan fingerprint density at radius 1 is 1.22 bits per heavy atom. The zero-order chi connectivity index (χ0) is 19.3. The van der Waals surface area contributed by atoms with Crippen LogP contribution in [0.2, 0.25) is 0 Å². The molecule has 1 aliphatic heterocycles. The van der Waals surface area contributed by atoms with Gasteiger partial charge >= 0.3 is 0 Å². The zero-order valence-corrected chi connectivity index (χ0v) is 18.5. The van der Waals surface area contributed by atoms with Gasteiger partial charge in [0.25, 0.3) is 10.0 Å². The molecule has 1 aromatic carbocycles. The van der Waals surface area contributed by atoms with Gasteiger partial charge in [-0.2, -0.15) is 0 Å². The van der Waals surface area contributed by atoms with E-state index in [1.54, 1.807) is 18.2 Å². The van der Waals surface area contributed by atoms with Gasteiger partial charge in [0, 0.05) is 45.3 Å². The SMILES string of the molecule is CC(CN1CCNCC1)NCc1ccccc1NS(=O)(=O)c1ccc(Br)s1. The minimum absolute atomic E-state index is 0.296. The maximum Gasteiger partial charge on any atom is 0.271 e. The van der Waals surface area contributed by atoms with E-state index in [-0.39, 0.29) is 0 Å². The number of thiophene rings is 1. The number of hydrogen-bond donors (Lipinski definition) is 3. The molecule has 0 amide bonds. The summed E-state index contributed by atoms with van der Waals surface area (Å²) in [6.45, 7) is 7.97. The molecule has 9 heteroatoms. The molecular weight excluding hydrogens is 448 g/mol. The number of nitrogens with zero attached hydrogens (tertiary/aromatic N) is 1. The summed E-state index contributed by atoms with van der Waals surface area (Å²) in [5, 5.41) is 6.88. The lowest BCUT2D eigenvalue weighted by atomic mass is 10.1. The molecule has 0 saturated carbocycles. The predicted octanol–water partition coefficient (Wildman–Crippen LogP) is 2.69. The number of benzene rings is 1. The van der Waals surface area contributed by atoms with Gasteiger partial charge in [-0.25, -0.2) is 8.42 Å². The molecule has 0 aliphatic carbocycles. The van der Waals surface area contributed by atoms with E-state index in [1.807, 2.05) is 18.2 Å². The van der Waals surface area contributed by atoms with Crippen LogP contribution in [0.3, 0.4) is 0 Å². The summed E-state index contributed by atoms with van der Waals surface area (Å²) in [5.74, 6) is 0. The van der Waals surface area contributed by atoms with E-state index in [2.05, 4.69) is 43.1 Å². The summed E-state index contributed by atoms with van der Waals surface area (Å²) < 4.78 is 29.0. The molecule has 3 rings (SSSR count). The van der Waals surface area contributed by atoms with Crippen LogP contribution in [0.4, 0.5) is 5.69 Å². The van der Waals surface area contributed by atoms with Crippen molar-refractivity contribution in [2.24, 2.45) is 0 Å². The van der Waals surface area contributed by atoms with Crippen LogP contribution < -0.4 is 15.4 Å². The molecule has 2 heterocycles. The van der Waals surface area contributed by atoms with E-state index in [4.69, 9.17) is 0 Å². The van der Waals surface area contributed by atoms with Gasteiger partial charge in [-0.3, -0.25) is 9.62 Å². The second-order valence-corrected chi connectivity index (χ2v) is 11.0. The number of rotatable bonds is 8. The number of sulfonamides is 1. The van der Waals surface area contributed by atoms with Crippen molar-refractivity contribution in [3.8, 4) is 0 Å². The average Bonchev–Trinajstić information content (AvgIpc) is 3.09. The fourth-order valence-corrected chi connectivity index (χ4v) is 6.15. The van der Waals surface area contributed by atoms with Crippen molar-refractivity contribution >= 4 is 43.0 Å². The topological polar surface area (TPSA) is 73.5 Å². The second kappa shape index (κ2) is 9.49. The minimum Gasteiger partial charge on any atom is -0.314 e. The highest BCUT2D eigenvalue weighted by atomic mass is 79.9. The van der Waals surface area contributed by atoms with Crippen LogP contribution in [0.1, 0.15) is 12.5 Å². The molecule has 3 N–H and O–H groups in total. The maximum atomic E-state index is 12.6. The molecule has 2 aromatic rings. The minimum atomic E-state index is -3.58. The summed E-state index contributed by atoms with van der Waals surface area (Å²) in [6, 6.07) is 11.2. The highest BCUT2D eigenvalue weighted by molar-refractivity contribution is 9.11. The first-order valence-corrected chi connectivity index (χ1v) is 12.1. The number of anilines is 1. The van der Waals surface area contributed by atoms with Crippen molar-refractivity contribution < 1.29 is 8.42 Å². The summed E-state index contributed by atoms with van der Waals surface area (Å²) in [6.07, 6.45) is 0. The summed E-state index contributed by atoms with van der Waals surface area (Å²) >= 11 is 4.51. The molecule has 0 radical (unpaired) electrons. The number of hydrogen-bond acceptors (Lipinski definition) is 6. The van der Waals surface area contributed by atoms with E-state index in [0.29, 0.717) is 22.5 Å². The molecule has 1 unspecified atom stereocenters. The molecule has 6 nitrogen and oxygen atoms in total. The van der Waals surface area contributed by atoms with Crippen molar-refractivity contribution in [3.05, 3.63) is 45.7 Å². The molecule has 0 spiro atoms. The van der Waals surface area contributed by atoms with Crippen LogP contribution in [0, 0.1) is 0 Å². The lowest BCUT2D eigenvalue weighted by molar-refractivity contribution is 0.219. The Morgan fingerprint density at radius 3 is 2.67 bits per heavy atom. The van der Waals surface area contributed by atoms with Crippen LogP contribution in [0.5, 0.6) is 0 Å². The van der Waals surface area contributed by atoms with Crippen molar-refractivity contribution in [3.63, 3.8) is 0 Å². The average molecular weight is 473 g/mol. The van der Waals surface area contributed by atoms with Gasteiger partial charge in [-0.1, -0.05) is 18.2 Å². The van der Waals surface area contributed by atoms with Crippen LogP contribution in [-0.4, -0.2) is 52.1 Å². The van der Waals surface area contributed by atoms with E-state index in [0.717, 1.165) is 42.1 Å².